The van der Waals surface area contributed by atoms with E-state index in [0.717, 1.165) is 16.8 Å². The molecule has 0 unspecified atom stereocenters. The fourth-order valence-electron chi connectivity index (χ4n) is 3.52. The fourth-order valence-corrected chi connectivity index (χ4v) is 5.23. The lowest BCUT2D eigenvalue weighted by Gasteiger charge is -2.19. The maximum absolute atomic E-state index is 13.1. The predicted molar refractivity (Wildman–Crippen MR) is 126 cm³/mol. The van der Waals surface area contributed by atoms with Gasteiger partial charge in [-0.15, -0.1) is 0 Å². The quantitative estimate of drug-likeness (QED) is 0.589. The number of fused-ring (bicyclic) bond motifs is 1. The molecule has 0 saturated carbocycles. The molecule has 4 rings (SSSR count). The van der Waals surface area contributed by atoms with Gasteiger partial charge in [0.25, 0.3) is 15.9 Å². The van der Waals surface area contributed by atoms with Crippen molar-refractivity contribution in [2.45, 2.75) is 18.2 Å². The Bertz CT molecular complexity index is 1260. The summed E-state index contributed by atoms with van der Waals surface area (Å²) in [6.45, 7) is 2.33. The van der Waals surface area contributed by atoms with E-state index in [4.69, 9.17) is 12.2 Å². The number of benzene rings is 3. The zero-order chi connectivity index (χ0) is 22.0. The van der Waals surface area contributed by atoms with E-state index in [1.54, 1.807) is 30.3 Å². The van der Waals surface area contributed by atoms with E-state index < -0.39 is 10.0 Å². The average Bonchev–Trinajstić information content (AvgIpc) is 3.19. The molecule has 0 fully saturated rings. The number of hydrogen-bond donors (Lipinski definition) is 2. The van der Waals surface area contributed by atoms with Gasteiger partial charge in [-0.3, -0.25) is 14.4 Å². The number of para-hydroxylation sites is 1. The first-order valence-corrected chi connectivity index (χ1v) is 11.6. The molecule has 0 aromatic heterocycles. The normalized spacial score (nSPS) is 12.9. The third kappa shape index (κ3) is 4.45. The van der Waals surface area contributed by atoms with Crippen molar-refractivity contribution in [1.29, 1.82) is 0 Å². The summed E-state index contributed by atoms with van der Waals surface area (Å²) in [5, 5.41) is 5.67. The summed E-state index contributed by atoms with van der Waals surface area (Å²) in [6, 6.07) is 21.0. The number of carbonyl (C=O) groups is 1. The van der Waals surface area contributed by atoms with Gasteiger partial charge in [-0.1, -0.05) is 35.9 Å². The number of amides is 1. The van der Waals surface area contributed by atoms with Crippen LogP contribution in [0.5, 0.6) is 0 Å². The number of aryl methyl sites for hydroxylation is 1. The summed E-state index contributed by atoms with van der Waals surface area (Å²) in [4.78, 5) is 12.5. The van der Waals surface area contributed by atoms with Gasteiger partial charge in [0.1, 0.15) is 0 Å². The molecular formula is C23H21N3O3S2. The van der Waals surface area contributed by atoms with E-state index >= 15 is 0 Å². The monoisotopic (exact) mass is 451 g/mol. The molecule has 158 valence electrons. The summed E-state index contributed by atoms with van der Waals surface area (Å²) in [5.41, 5.74) is 3.82. The Morgan fingerprint density at radius 3 is 2.48 bits per heavy atom. The van der Waals surface area contributed by atoms with Crippen LogP contribution >= 0.6 is 12.2 Å². The van der Waals surface area contributed by atoms with Crippen LogP contribution < -0.4 is 14.9 Å². The molecule has 0 aliphatic carbocycles. The van der Waals surface area contributed by atoms with Gasteiger partial charge in [-0.25, -0.2) is 8.42 Å². The van der Waals surface area contributed by atoms with Crippen LogP contribution in [0, 0.1) is 6.92 Å². The van der Waals surface area contributed by atoms with Crippen molar-refractivity contribution in [3.8, 4) is 0 Å². The molecule has 3 aromatic rings. The van der Waals surface area contributed by atoms with E-state index in [1.165, 1.54) is 16.4 Å². The van der Waals surface area contributed by atoms with Crippen LogP contribution in [0.25, 0.3) is 0 Å². The van der Waals surface area contributed by atoms with Crippen LogP contribution in [0.2, 0.25) is 0 Å². The highest BCUT2D eigenvalue weighted by molar-refractivity contribution is 7.92. The predicted octanol–water partition coefficient (Wildman–Crippen LogP) is 3.87. The third-order valence-corrected chi connectivity index (χ3v) is 7.08. The van der Waals surface area contributed by atoms with Gasteiger partial charge in [0.2, 0.25) is 0 Å². The highest BCUT2D eigenvalue weighted by Crippen LogP contribution is 2.32. The second-order valence-corrected chi connectivity index (χ2v) is 9.53. The molecule has 1 amide bonds. The van der Waals surface area contributed by atoms with E-state index in [-0.39, 0.29) is 15.9 Å². The van der Waals surface area contributed by atoms with Crippen molar-refractivity contribution in [3.63, 3.8) is 0 Å². The highest BCUT2D eigenvalue weighted by Gasteiger charge is 2.30. The van der Waals surface area contributed by atoms with Crippen molar-refractivity contribution < 1.29 is 13.2 Å². The van der Waals surface area contributed by atoms with Gasteiger partial charge in [0.05, 0.1) is 10.6 Å². The minimum atomic E-state index is -3.65. The van der Waals surface area contributed by atoms with Crippen LogP contribution in [0.1, 0.15) is 21.5 Å². The number of anilines is 2. The van der Waals surface area contributed by atoms with Gasteiger partial charge in [-0.2, -0.15) is 0 Å². The zero-order valence-electron chi connectivity index (χ0n) is 16.8. The Labute approximate surface area is 187 Å². The number of hydrogen-bond acceptors (Lipinski definition) is 4. The molecule has 1 aliphatic heterocycles. The molecule has 31 heavy (non-hydrogen) atoms. The van der Waals surface area contributed by atoms with Crippen molar-refractivity contribution in [3.05, 3.63) is 89.5 Å². The largest absolute Gasteiger partial charge is 0.332 e. The number of nitrogens with one attached hydrogen (secondary N) is 2. The summed E-state index contributed by atoms with van der Waals surface area (Å²) in [6.07, 6.45) is 0.698. The smallest absolute Gasteiger partial charge is 0.264 e. The third-order valence-electron chi connectivity index (χ3n) is 5.05. The number of rotatable bonds is 4. The first-order valence-electron chi connectivity index (χ1n) is 9.74. The van der Waals surface area contributed by atoms with Crippen molar-refractivity contribution in [1.82, 2.24) is 5.32 Å². The molecule has 0 saturated heterocycles. The summed E-state index contributed by atoms with van der Waals surface area (Å²) < 4.78 is 27.6. The van der Waals surface area contributed by atoms with Crippen LogP contribution in [0.3, 0.4) is 0 Å². The minimum Gasteiger partial charge on any atom is -0.332 e. The van der Waals surface area contributed by atoms with Crippen LogP contribution in [-0.2, 0) is 16.4 Å². The Kier molecular flexibility index (Phi) is 5.75. The average molecular weight is 452 g/mol. The summed E-state index contributed by atoms with van der Waals surface area (Å²) in [7, 11) is -3.65. The first kappa shape index (κ1) is 21.0. The molecule has 1 heterocycles. The molecule has 8 heteroatoms. The molecule has 2 N–H and O–H groups in total. The SMILES string of the molecule is Cc1cccc(C(=O)NC(=S)Nc2ccc(S(=O)(=O)N3CCc4ccccc43)cc2)c1. The van der Waals surface area contributed by atoms with E-state index in [9.17, 15) is 13.2 Å². The molecule has 0 radical (unpaired) electrons. The Morgan fingerprint density at radius 2 is 1.74 bits per heavy atom. The maximum Gasteiger partial charge on any atom is 0.264 e. The van der Waals surface area contributed by atoms with Crippen molar-refractivity contribution in [2.24, 2.45) is 0 Å². The first-order chi connectivity index (χ1) is 14.8. The second kappa shape index (κ2) is 8.49. The molecule has 3 aromatic carbocycles. The molecule has 0 atom stereocenters. The number of carbonyl (C=O) groups excluding carboxylic acids is 1. The van der Waals surface area contributed by atoms with Crippen molar-refractivity contribution >= 4 is 44.6 Å². The maximum atomic E-state index is 13.1. The van der Waals surface area contributed by atoms with Gasteiger partial charge in [-0.05, 0) is 73.6 Å². The number of nitrogens with zero attached hydrogens (tertiary/aromatic N) is 1. The van der Waals surface area contributed by atoms with Crippen LogP contribution in [0.4, 0.5) is 11.4 Å². The van der Waals surface area contributed by atoms with Crippen LogP contribution in [0.15, 0.2) is 77.7 Å². The number of thiocarbonyl (C=S) groups is 1. The molecule has 0 spiro atoms. The second-order valence-electron chi connectivity index (χ2n) is 7.26. The molecular weight excluding hydrogens is 430 g/mol. The van der Waals surface area contributed by atoms with Gasteiger partial charge in [0.15, 0.2) is 5.11 Å². The van der Waals surface area contributed by atoms with Crippen molar-refractivity contribution in [2.75, 3.05) is 16.2 Å². The van der Waals surface area contributed by atoms with E-state index in [0.29, 0.717) is 24.2 Å². The lowest BCUT2D eigenvalue weighted by molar-refractivity contribution is 0.0977. The lowest BCUT2D eigenvalue weighted by Crippen LogP contribution is -2.34. The Morgan fingerprint density at radius 1 is 1.00 bits per heavy atom. The summed E-state index contributed by atoms with van der Waals surface area (Å²) in [5.74, 6) is -0.312. The minimum absolute atomic E-state index is 0.135. The molecule has 1 aliphatic rings. The molecule has 6 nitrogen and oxygen atoms in total. The number of sulfonamides is 1. The van der Waals surface area contributed by atoms with E-state index in [1.807, 2.05) is 37.3 Å². The molecule has 0 bridgehead atoms. The van der Waals surface area contributed by atoms with E-state index in [2.05, 4.69) is 10.6 Å². The highest BCUT2D eigenvalue weighted by atomic mass is 32.2. The van der Waals surface area contributed by atoms with Crippen LogP contribution in [-0.4, -0.2) is 26.0 Å². The topological polar surface area (TPSA) is 78.5 Å². The van der Waals surface area contributed by atoms with Gasteiger partial charge >= 0.3 is 0 Å². The standard InChI is InChI=1S/C23H21N3O3S2/c1-16-5-4-7-18(15-16)22(27)25-23(30)24-19-9-11-20(12-10-19)31(28,29)26-14-13-17-6-2-3-8-21(17)26/h2-12,15H,13-14H2,1H3,(H2,24,25,27,30). The lowest BCUT2D eigenvalue weighted by atomic mass is 10.1. The van der Waals surface area contributed by atoms with Gasteiger partial charge < -0.3 is 5.32 Å². The Balaban J connectivity index is 1.43. The Hall–Kier alpha value is -3.23. The zero-order valence-corrected chi connectivity index (χ0v) is 18.5. The summed E-state index contributed by atoms with van der Waals surface area (Å²) >= 11 is 5.21. The fraction of sp³-hybridized carbons (Fsp3) is 0.130. The van der Waals surface area contributed by atoms with Gasteiger partial charge in [0, 0.05) is 17.8 Å².